The molecule has 0 atom stereocenters. The van der Waals surface area contributed by atoms with E-state index < -0.39 is 11.9 Å². The summed E-state index contributed by atoms with van der Waals surface area (Å²) in [4.78, 5) is 20.5. The summed E-state index contributed by atoms with van der Waals surface area (Å²) in [5.74, 6) is -0.217. The van der Waals surface area contributed by atoms with Crippen LogP contribution in [0.25, 0.3) is 16.6 Å². The number of benzene rings is 1. The standard InChI is InChI=1S/C25H22ClF3N6O/c26-16-3-8-21-20(10-16)22(11-23(34-21)25(27,28)29)32-17-4-6-18(7-5-17)33-24(36)15-12-31-35(14-15)19-2-1-9-30-13-19/h1-3,8-14,17-18H,4-7H2,(H,32,34)(H,33,36)/t17-,18+. The van der Waals surface area contributed by atoms with E-state index in [1.165, 1.54) is 18.3 Å². The monoisotopic (exact) mass is 514 g/mol. The molecule has 0 saturated heterocycles. The van der Waals surface area contributed by atoms with Crippen molar-refractivity contribution in [3.63, 3.8) is 0 Å². The van der Waals surface area contributed by atoms with Crippen LogP contribution in [-0.4, -0.2) is 37.7 Å². The Balaban J connectivity index is 1.23. The lowest BCUT2D eigenvalue weighted by Gasteiger charge is -2.30. The molecule has 186 valence electrons. The third kappa shape index (κ3) is 5.28. The van der Waals surface area contributed by atoms with Crippen molar-refractivity contribution in [1.82, 2.24) is 25.1 Å². The summed E-state index contributed by atoms with van der Waals surface area (Å²) in [7, 11) is 0. The summed E-state index contributed by atoms with van der Waals surface area (Å²) >= 11 is 6.09. The highest BCUT2D eigenvalue weighted by Gasteiger charge is 2.34. The molecule has 3 aromatic heterocycles. The van der Waals surface area contributed by atoms with Crippen molar-refractivity contribution in [3.8, 4) is 5.69 Å². The predicted molar refractivity (Wildman–Crippen MR) is 130 cm³/mol. The van der Waals surface area contributed by atoms with Gasteiger partial charge in [-0.2, -0.15) is 18.3 Å². The molecule has 0 unspecified atom stereocenters. The zero-order valence-corrected chi connectivity index (χ0v) is 19.7. The third-order valence-corrected chi connectivity index (χ3v) is 6.47. The van der Waals surface area contributed by atoms with Crippen LogP contribution in [-0.2, 0) is 6.18 Å². The summed E-state index contributed by atoms with van der Waals surface area (Å²) in [6.45, 7) is 0. The van der Waals surface area contributed by atoms with E-state index in [1.807, 2.05) is 6.07 Å². The molecule has 36 heavy (non-hydrogen) atoms. The van der Waals surface area contributed by atoms with Gasteiger partial charge in [0.05, 0.1) is 29.2 Å². The van der Waals surface area contributed by atoms with Gasteiger partial charge in [-0.25, -0.2) is 9.67 Å². The highest BCUT2D eigenvalue weighted by atomic mass is 35.5. The van der Waals surface area contributed by atoms with E-state index in [0.29, 0.717) is 47.3 Å². The van der Waals surface area contributed by atoms with Gasteiger partial charge in [-0.05, 0) is 62.1 Å². The molecule has 11 heteroatoms. The van der Waals surface area contributed by atoms with Gasteiger partial charge in [0.1, 0.15) is 5.69 Å². The zero-order valence-electron chi connectivity index (χ0n) is 19.0. The molecule has 1 aliphatic rings. The van der Waals surface area contributed by atoms with Gasteiger partial charge in [0.2, 0.25) is 0 Å². The fourth-order valence-corrected chi connectivity index (χ4v) is 4.58. The molecule has 7 nitrogen and oxygen atoms in total. The Morgan fingerprint density at radius 3 is 2.56 bits per heavy atom. The van der Waals surface area contributed by atoms with Gasteiger partial charge in [0, 0.05) is 40.6 Å². The van der Waals surface area contributed by atoms with Gasteiger partial charge in [-0.15, -0.1) is 0 Å². The van der Waals surface area contributed by atoms with E-state index in [0.717, 1.165) is 11.8 Å². The smallest absolute Gasteiger partial charge is 0.382 e. The number of hydrogen-bond donors (Lipinski definition) is 2. The van der Waals surface area contributed by atoms with E-state index in [1.54, 1.807) is 35.4 Å². The first-order valence-electron chi connectivity index (χ1n) is 11.5. The fourth-order valence-electron chi connectivity index (χ4n) is 4.40. The maximum absolute atomic E-state index is 13.4. The number of fused-ring (bicyclic) bond motifs is 1. The molecular weight excluding hydrogens is 493 g/mol. The van der Waals surface area contributed by atoms with Crippen molar-refractivity contribution < 1.29 is 18.0 Å². The highest BCUT2D eigenvalue weighted by Crippen LogP contribution is 2.35. The van der Waals surface area contributed by atoms with E-state index in [-0.39, 0.29) is 23.5 Å². The number of rotatable bonds is 5. The highest BCUT2D eigenvalue weighted by molar-refractivity contribution is 6.31. The molecular formula is C25H22ClF3N6O. The van der Waals surface area contributed by atoms with E-state index in [4.69, 9.17) is 11.6 Å². The molecule has 0 spiro atoms. The van der Waals surface area contributed by atoms with E-state index in [2.05, 4.69) is 25.7 Å². The Morgan fingerprint density at radius 2 is 1.83 bits per heavy atom. The summed E-state index contributed by atoms with van der Waals surface area (Å²) in [5.41, 5.74) is 0.822. The van der Waals surface area contributed by atoms with Crippen LogP contribution >= 0.6 is 11.6 Å². The van der Waals surface area contributed by atoms with Gasteiger partial charge in [0.15, 0.2) is 0 Å². The number of amides is 1. The molecule has 2 N–H and O–H groups in total. The number of pyridine rings is 2. The first kappa shape index (κ1) is 24.1. The summed E-state index contributed by atoms with van der Waals surface area (Å²) in [6, 6.07) is 9.21. The van der Waals surface area contributed by atoms with Crippen molar-refractivity contribution in [2.45, 2.75) is 43.9 Å². The maximum atomic E-state index is 13.4. The minimum atomic E-state index is -4.56. The largest absolute Gasteiger partial charge is 0.433 e. The van der Waals surface area contributed by atoms with Crippen LogP contribution in [0.2, 0.25) is 5.02 Å². The Morgan fingerprint density at radius 1 is 1.06 bits per heavy atom. The third-order valence-electron chi connectivity index (χ3n) is 6.24. The average molecular weight is 515 g/mol. The number of carbonyl (C=O) groups is 1. The number of carbonyl (C=O) groups excluding carboxylic acids is 1. The second kappa shape index (κ2) is 9.77. The van der Waals surface area contributed by atoms with Crippen LogP contribution in [0.15, 0.2) is 61.2 Å². The number of nitrogens with one attached hydrogen (secondary N) is 2. The topological polar surface area (TPSA) is 84.7 Å². The van der Waals surface area contributed by atoms with Gasteiger partial charge >= 0.3 is 6.18 Å². The number of nitrogens with zero attached hydrogens (tertiary/aromatic N) is 4. The quantitative estimate of drug-likeness (QED) is 0.360. The Kier molecular flexibility index (Phi) is 6.53. The lowest BCUT2D eigenvalue weighted by molar-refractivity contribution is -0.140. The predicted octanol–water partition coefficient (Wildman–Crippen LogP) is 5.64. The number of anilines is 1. The molecule has 0 bridgehead atoms. The molecule has 1 aliphatic carbocycles. The molecule has 4 aromatic rings. The Hall–Kier alpha value is -3.66. The lowest BCUT2D eigenvalue weighted by Crippen LogP contribution is -2.40. The van der Waals surface area contributed by atoms with Crippen molar-refractivity contribution in [1.29, 1.82) is 0 Å². The first-order chi connectivity index (χ1) is 17.3. The van der Waals surface area contributed by atoms with Crippen molar-refractivity contribution in [2.24, 2.45) is 0 Å². The minimum Gasteiger partial charge on any atom is -0.382 e. The number of hydrogen-bond acceptors (Lipinski definition) is 5. The Labute approximate surface area is 209 Å². The second-order valence-corrected chi connectivity index (χ2v) is 9.20. The van der Waals surface area contributed by atoms with Crippen LogP contribution in [0.1, 0.15) is 41.7 Å². The SMILES string of the molecule is O=C(N[C@H]1CC[C@@H](Nc2cc(C(F)(F)F)nc3ccc(Cl)cc23)CC1)c1cnn(-c2cccnc2)c1. The van der Waals surface area contributed by atoms with Crippen LogP contribution in [0.4, 0.5) is 18.9 Å². The molecule has 1 aromatic carbocycles. The number of aromatic nitrogens is 4. The van der Waals surface area contributed by atoms with Gasteiger partial charge in [-0.1, -0.05) is 11.6 Å². The summed E-state index contributed by atoms with van der Waals surface area (Å²) in [5, 5.41) is 11.5. The molecule has 0 aliphatic heterocycles. The number of alkyl halides is 3. The Bertz CT molecular complexity index is 1380. The van der Waals surface area contributed by atoms with Crippen molar-refractivity contribution >= 4 is 34.1 Å². The van der Waals surface area contributed by atoms with E-state index in [9.17, 15) is 18.0 Å². The molecule has 5 rings (SSSR count). The first-order valence-corrected chi connectivity index (χ1v) is 11.8. The maximum Gasteiger partial charge on any atom is 0.433 e. The van der Waals surface area contributed by atoms with Crippen LogP contribution in [0.3, 0.4) is 0 Å². The number of halogens is 4. The van der Waals surface area contributed by atoms with Gasteiger partial charge < -0.3 is 10.6 Å². The molecule has 1 amide bonds. The van der Waals surface area contributed by atoms with E-state index >= 15 is 0 Å². The fraction of sp³-hybridized carbons (Fsp3) is 0.280. The van der Waals surface area contributed by atoms with Gasteiger partial charge in [0.25, 0.3) is 5.91 Å². The normalized spacial score (nSPS) is 18.2. The van der Waals surface area contributed by atoms with Crippen LogP contribution < -0.4 is 10.6 Å². The van der Waals surface area contributed by atoms with Crippen LogP contribution in [0, 0.1) is 0 Å². The summed E-state index contributed by atoms with van der Waals surface area (Å²) in [6.07, 6.45) is 4.67. The molecule has 1 fully saturated rings. The van der Waals surface area contributed by atoms with Crippen molar-refractivity contribution in [3.05, 3.63) is 77.5 Å². The van der Waals surface area contributed by atoms with Gasteiger partial charge in [-0.3, -0.25) is 9.78 Å². The summed E-state index contributed by atoms with van der Waals surface area (Å²) < 4.78 is 41.8. The second-order valence-electron chi connectivity index (χ2n) is 8.77. The lowest BCUT2D eigenvalue weighted by atomic mass is 9.90. The van der Waals surface area contributed by atoms with Crippen LogP contribution in [0.5, 0.6) is 0 Å². The molecule has 1 saturated carbocycles. The molecule has 0 radical (unpaired) electrons. The van der Waals surface area contributed by atoms with Crippen molar-refractivity contribution in [2.75, 3.05) is 5.32 Å². The zero-order chi connectivity index (χ0) is 25.3. The minimum absolute atomic E-state index is 0.0355. The molecule has 3 heterocycles. The average Bonchev–Trinajstić information content (AvgIpc) is 3.36.